The van der Waals surface area contributed by atoms with Crippen molar-refractivity contribution in [1.82, 2.24) is 20.4 Å². The summed E-state index contributed by atoms with van der Waals surface area (Å²) in [7, 11) is 1.90. The van der Waals surface area contributed by atoms with Gasteiger partial charge < -0.3 is 36.6 Å². The van der Waals surface area contributed by atoms with Crippen LogP contribution >= 0.6 is 0 Å². The normalized spacial score (nSPS) is 15.5. The molecule has 1 atom stereocenters. The van der Waals surface area contributed by atoms with Crippen molar-refractivity contribution in [2.24, 2.45) is 5.73 Å². The second-order valence-electron chi connectivity index (χ2n) is 14.1. The molecule has 0 bridgehead atoms. The molecule has 6 rings (SSSR count). The number of carbonyl (C=O) groups is 4. The predicted octanol–water partition coefficient (Wildman–Crippen LogP) is 4.39. The number of fused-ring (bicyclic) bond motifs is 2. The van der Waals surface area contributed by atoms with Gasteiger partial charge in [0.15, 0.2) is 6.61 Å². The van der Waals surface area contributed by atoms with Crippen LogP contribution in [0.15, 0.2) is 60.7 Å². The highest BCUT2D eigenvalue weighted by Crippen LogP contribution is 2.33. The first-order chi connectivity index (χ1) is 25.3. The minimum atomic E-state index is -0.433. The van der Waals surface area contributed by atoms with Crippen molar-refractivity contribution in [1.29, 1.82) is 0 Å². The average molecular weight is 710 g/mol. The Balaban J connectivity index is 0.921. The summed E-state index contributed by atoms with van der Waals surface area (Å²) in [5.41, 5.74) is 11.8. The third kappa shape index (κ3) is 9.96. The molecule has 0 aromatic heterocycles. The molecule has 0 radical (unpaired) electrons. The smallest absolute Gasteiger partial charge is 0.262 e. The summed E-state index contributed by atoms with van der Waals surface area (Å²) in [4.78, 5) is 54.7. The Labute approximate surface area is 305 Å². The number of hydrogen-bond donors (Lipinski definition) is 5. The molecule has 0 saturated heterocycles. The van der Waals surface area contributed by atoms with Crippen LogP contribution in [0.1, 0.15) is 88.8 Å². The van der Waals surface area contributed by atoms with E-state index in [0.717, 1.165) is 82.4 Å². The van der Waals surface area contributed by atoms with Gasteiger partial charge in [-0.2, -0.15) is 0 Å². The number of benzene rings is 3. The van der Waals surface area contributed by atoms with Crippen LogP contribution in [0.4, 0.5) is 11.4 Å². The molecular formula is C40H51N7O5. The van der Waals surface area contributed by atoms with Crippen molar-refractivity contribution in [3.8, 4) is 5.75 Å². The van der Waals surface area contributed by atoms with Gasteiger partial charge in [0.05, 0.1) is 11.7 Å². The highest BCUT2D eigenvalue weighted by molar-refractivity contribution is 6.04. The number of rotatable bonds is 18. The zero-order valence-electron chi connectivity index (χ0n) is 30.0. The SMILES string of the molecule is CNCCCC(N)C(=O)NCCCCCCN1Cc2ccc(NC(=O)c3ccc(CN(C(=O)c4ccc5c(c4)OCC(=O)N5)C4CC4)cc3)cc2C1. The maximum atomic E-state index is 13.5. The first-order valence-corrected chi connectivity index (χ1v) is 18.6. The van der Waals surface area contributed by atoms with Gasteiger partial charge in [-0.3, -0.25) is 24.1 Å². The molecule has 276 valence electrons. The van der Waals surface area contributed by atoms with Gasteiger partial charge in [0.2, 0.25) is 5.91 Å². The van der Waals surface area contributed by atoms with Crippen molar-refractivity contribution in [2.45, 2.75) is 83.1 Å². The van der Waals surface area contributed by atoms with Crippen LogP contribution in [0.2, 0.25) is 0 Å². The number of hydrogen-bond acceptors (Lipinski definition) is 8. The van der Waals surface area contributed by atoms with Gasteiger partial charge in [-0.1, -0.05) is 31.0 Å². The first kappa shape index (κ1) is 37.0. The van der Waals surface area contributed by atoms with Crippen molar-refractivity contribution < 1.29 is 23.9 Å². The molecule has 3 aromatic carbocycles. The molecule has 2 aliphatic heterocycles. The number of anilines is 2. The van der Waals surface area contributed by atoms with E-state index in [9.17, 15) is 19.2 Å². The van der Waals surface area contributed by atoms with Crippen molar-refractivity contribution in [3.63, 3.8) is 0 Å². The van der Waals surface area contributed by atoms with Crippen LogP contribution < -0.4 is 31.7 Å². The van der Waals surface area contributed by atoms with Gasteiger partial charge in [-0.15, -0.1) is 0 Å². The molecule has 3 aliphatic rings. The summed E-state index contributed by atoms with van der Waals surface area (Å²) in [5.74, 6) is -0.0340. The number of ether oxygens (including phenoxy) is 1. The second kappa shape index (κ2) is 17.6. The molecule has 6 N–H and O–H groups in total. The molecule has 3 aromatic rings. The van der Waals surface area contributed by atoms with Gasteiger partial charge in [0.1, 0.15) is 5.75 Å². The standard InChI is InChI=1S/C40H51N7O5/c1-42-18-6-7-34(41)39(50)43-19-4-2-3-5-20-46-24-30-12-14-32(21-31(30)25-46)44-38(49)28-10-8-27(9-11-28)23-47(33-15-16-33)40(51)29-13-17-35-36(22-29)52-26-37(48)45-35/h8-14,17,21-22,33-34,42H,2-7,15-16,18-20,23-26,41H2,1H3,(H,43,50)(H,44,49)(H,45,48). The van der Waals surface area contributed by atoms with Crippen molar-refractivity contribution in [2.75, 3.05) is 43.9 Å². The molecule has 1 saturated carbocycles. The van der Waals surface area contributed by atoms with Gasteiger partial charge in [-0.05, 0) is 118 Å². The number of nitrogens with two attached hydrogens (primary N) is 1. The summed E-state index contributed by atoms with van der Waals surface area (Å²) in [6.07, 6.45) is 7.73. The maximum absolute atomic E-state index is 13.5. The summed E-state index contributed by atoms with van der Waals surface area (Å²) in [5, 5.41) is 11.9. The zero-order chi connectivity index (χ0) is 36.5. The molecule has 52 heavy (non-hydrogen) atoms. The van der Waals surface area contributed by atoms with Crippen LogP contribution in [0.5, 0.6) is 5.75 Å². The number of unbranched alkanes of at least 4 members (excludes halogenated alkanes) is 3. The minimum absolute atomic E-state index is 0.0566. The fourth-order valence-corrected chi connectivity index (χ4v) is 6.78. The molecule has 12 nitrogen and oxygen atoms in total. The van der Waals surface area contributed by atoms with E-state index in [2.05, 4.69) is 38.3 Å². The van der Waals surface area contributed by atoms with Crippen LogP contribution in [0.3, 0.4) is 0 Å². The summed E-state index contributed by atoms with van der Waals surface area (Å²) in [6, 6.07) is 18.4. The molecule has 0 spiro atoms. The Morgan fingerprint density at radius 3 is 2.48 bits per heavy atom. The van der Waals surface area contributed by atoms with E-state index in [4.69, 9.17) is 10.5 Å². The van der Waals surface area contributed by atoms with E-state index < -0.39 is 6.04 Å². The number of nitrogens with one attached hydrogen (secondary N) is 4. The Morgan fingerprint density at radius 1 is 0.923 bits per heavy atom. The molecule has 1 fully saturated rings. The Kier molecular flexibility index (Phi) is 12.5. The van der Waals surface area contributed by atoms with Gasteiger partial charge >= 0.3 is 0 Å². The summed E-state index contributed by atoms with van der Waals surface area (Å²) in [6.45, 7) is 4.69. The lowest BCUT2D eigenvalue weighted by atomic mass is 10.1. The fourth-order valence-electron chi connectivity index (χ4n) is 6.78. The van der Waals surface area contributed by atoms with E-state index in [1.54, 1.807) is 30.3 Å². The Bertz CT molecular complexity index is 1740. The van der Waals surface area contributed by atoms with Gasteiger partial charge in [0.25, 0.3) is 17.7 Å². The van der Waals surface area contributed by atoms with Gasteiger partial charge in [0, 0.05) is 49.0 Å². The van der Waals surface area contributed by atoms with E-state index in [1.807, 2.05) is 30.1 Å². The summed E-state index contributed by atoms with van der Waals surface area (Å²) < 4.78 is 5.52. The van der Waals surface area contributed by atoms with Crippen molar-refractivity contribution in [3.05, 3.63) is 88.5 Å². The van der Waals surface area contributed by atoms with E-state index in [-0.39, 0.29) is 36.3 Å². The van der Waals surface area contributed by atoms with Crippen molar-refractivity contribution >= 4 is 35.0 Å². The van der Waals surface area contributed by atoms with Crippen LogP contribution in [0.25, 0.3) is 0 Å². The monoisotopic (exact) mass is 709 g/mol. The molecule has 12 heteroatoms. The fraction of sp³-hybridized carbons (Fsp3) is 0.450. The highest BCUT2D eigenvalue weighted by Gasteiger charge is 2.33. The molecule has 4 amide bonds. The average Bonchev–Trinajstić information content (AvgIpc) is 3.91. The number of amides is 4. The number of nitrogens with zero attached hydrogens (tertiary/aromatic N) is 2. The quantitative estimate of drug-likeness (QED) is 0.122. The van der Waals surface area contributed by atoms with Crippen LogP contribution in [-0.4, -0.2) is 78.8 Å². The molecule has 2 heterocycles. The molecule has 1 unspecified atom stereocenters. The molecular weight excluding hydrogens is 658 g/mol. The topological polar surface area (TPSA) is 158 Å². The van der Waals surface area contributed by atoms with E-state index in [0.29, 0.717) is 42.1 Å². The highest BCUT2D eigenvalue weighted by atomic mass is 16.5. The van der Waals surface area contributed by atoms with E-state index in [1.165, 1.54) is 11.1 Å². The second-order valence-corrected chi connectivity index (χ2v) is 14.1. The third-order valence-corrected chi connectivity index (χ3v) is 9.91. The van der Waals surface area contributed by atoms with E-state index >= 15 is 0 Å². The lowest BCUT2D eigenvalue weighted by molar-refractivity contribution is -0.122. The first-order valence-electron chi connectivity index (χ1n) is 18.6. The predicted molar refractivity (Wildman–Crippen MR) is 201 cm³/mol. The zero-order valence-corrected chi connectivity index (χ0v) is 30.0. The van der Waals surface area contributed by atoms with Crippen LogP contribution in [0, 0.1) is 0 Å². The third-order valence-electron chi connectivity index (χ3n) is 9.91. The largest absolute Gasteiger partial charge is 0.482 e. The van der Waals surface area contributed by atoms with Crippen LogP contribution in [-0.2, 0) is 29.2 Å². The lowest BCUT2D eigenvalue weighted by Crippen LogP contribution is -2.41. The number of carbonyl (C=O) groups excluding carboxylic acids is 4. The van der Waals surface area contributed by atoms with Gasteiger partial charge in [-0.25, -0.2) is 0 Å². The Morgan fingerprint density at radius 2 is 1.69 bits per heavy atom. The Hall–Kier alpha value is -4.78. The minimum Gasteiger partial charge on any atom is -0.482 e. The summed E-state index contributed by atoms with van der Waals surface area (Å²) >= 11 is 0. The molecule has 1 aliphatic carbocycles. The lowest BCUT2D eigenvalue weighted by Gasteiger charge is -2.24. The maximum Gasteiger partial charge on any atom is 0.262 e.